The lowest BCUT2D eigenvalue weighted by molar-refractivity contribution is 0.258. The smallest absolute Gasteiger partial charge is 0.122 e. The minimum atomic E-state index is 0.506. The fourth-order valence-corrected chi connectivity index (χ4v) is 2.75. The highest BCUT2D eigenvalue weighted by atomic mass is 16.5. The Morgan fingerprint density at radius 1 is 1.37 bits per heavy atom. The lowest BCUT2D eigenvalue weighted by atomic mass is 9.87. The first kappa shape index (κ1) is 14.4. The van der Waals surface area contributed by atoms with Crippen LogP contribution in [0.5, 0.6) is 5.75 Å². The van der Waals surface area contributed by atoms with Gasteiger partial charge in [-0.05, 0) is 57.1 Å². The predicted octanol–water partition coefficient (Wildman–Crippen LogP) is 2.61. The molecule has 0 bridgehead atoms. The highest BCUT2D eigenvalue weighted by molar-refractivity contribution is 5.43. The van der Waals surface area contributed by atoms with Crippen molar-refractivity contribution in [2.75, 3.05) is 33.8 Å². The van der Waals surface area contributed by atoms with Crippen molar-refractivity contribution in [1.82, 2.24) is 10.2 Å². The molecule has 0 saturated carbocycles. The van der Waals surface area contributed by atoms with Gasteiger partial charge in [0.15, 0.2) is 0 Å². The van der Waals surface area contributed by atoms with Crippen molar-refractivity contribution < 1.29 is 4.74 Å². The minimum absolute atomic E-state index is 0.506. The number of ether oxygens (including phenoxy) is 1. The number of likely N-dealkylation sites (N-methyl/N-ethyl adjacent to an activating group) is 1. The second-order valence-corrected chi connectivity index (χ2v) is 5.48. The van der Waals surface area contributed by atoms with E-state index in [0.717, 1.165) is 31.9 Å². The molecule has 0 aromatic heterocycles. The molecule has 1 N–H and O–H groups in total. The maximum absolute atomic E-state index is 5.97. The maximum Gasteiger partial charge on any atom is 0.122 e. The summed E-state index contributed by atoms with van der Waals surface area (Å²) in [6.07, 6.45) is 3.63. The quantitative estimate of drug-likeness (QED) is 0.853. The first-order valence-electron chi connectivity index (χ1n) is 7.35. The average molecular weight is 262 g/mol. The van der Waals surface area contributed by atoms with Crippen molar-refractivity contribution in [3.8, 4) is 5.75 Å². The highest BCUT2D eigenvalue weighted by Gasteiger charge is 2.21. The molecule has 19 heavy (non-hydrogen) atoms. The summed E-state index contributed by atoms with van der Waals surface area (Å²) in [5.41, 5.74) is 2.86. The van der Waals surface area contributed by atoms with Crippen LogP contribution in [0.2, 0.25) is 0 Å². The van der Waals surface area contributed by atoms with Crippen molar-refractivity contribution >= 4 is 0 Å². The Kier molecular flexibility index (Phi) is 5.23. The SMILES string of the molecule is CCNC1CCCc2c(OCCN(C)C)cccc21. The Labute approximate surface area is 116 Å². The number of hydrogen-bond donors (Lipinski definition) is 1. The topological polar surface area (TPSA) is 24.5 Å². The molecular formula is C16H26N2O. The van der Waals surface area contributed by atoms with E-state index in [2.05, 4.69) is 49.4 Å². The number of fused-ring (bicyclic) bond motifs is 1. The van der Waals surface area contributed by atoms with Gasteiger partial charge >= 0.3 is 0 Å². The van der Waals surface area contributed by atoms with Crippen LogP contribution < -0.4 is 10.1 Å². The highest BCUT2D eigenvalue weighted by Crippen LogP contribution is 2.35. The third-order valence-electron chi connectivity index (χ3n) is 3.71. The molecule has 1 aromatic carbocycles. The fraction of sp³-hybridized carbons (Fsp3) is 0.625. The van der Waals surface area contributed by atoms with Gasteiger partial charge in [0.1, 0.15) is 12.4 Å². The van der Waals surface area contributed by atoms with Crippen LogP contribution in [0.4, 0.5) is 0 Å². The molecule has 0 heterocycles. The fourth-order valence-electron chi connectivity index (χ4n) is 2.75. The number of nitrogens with one attached hydrogen (secondary N) is 1. The summed E-state index contributed by atoms with van der Waals surface area (Å²) >= 11 is 0. The summed E-state index contributed by atoms with van der Waals surface area (Å²) < 4.78 is 5.97. The van der Waals surface area contributed by atoms with Gasteiger partial charge in [0, 0.05) is 12.6 Å². The van der Waals surface area contributed by atoms with Gasteiger partial charge < -0.3 is 15.0 Å². The molecule has 3 nitrogen and oxygen atoms in total. The molecule has 1 aliphatic rings. The zero-order valence-corrected chi connectivity index (χ0v) is 12.4. The van der Waals surface area contributed by atoms with Crippen LogP contribution in [0.25, 0.3) is 0 Å². The van der Waals surface area contributed by atoms with E-state index in [9.17, 15) is 0 Å². The van der Waals surface area contributed by atoms with Gasteiger partial charge in [0.05, 0.1) is 0 Å². The summed E-state index contributed by atoms with van der Waals surface area (Å²) in [4.78, 5) is 2.15. The summed E-state index contributed by atoms with van der Waals surface area (Å²) in [5, 5.41) is 3.58. The van der Waals surface area contributed by atoms with Crippen LogP contribution in [-0.4, -0.2) is 38.7 Å². The average Bonchev–Trinajstić information content (AvgIpc) is 2.39. The maximum atomic E-state index is 5.97. The summed E-state index contributed by atoms with van der Waals surface area (Å²) in [6, 6.07) is 6.99. The van der Waals surface area contributed by atoms with Crippen LogP contribution >= 0.6 is 0 Å². The van der Waals surface area contributed by atoms with Crippen molar-refractivity contribution in [3.63, 3.8) is 0 Å². The summed E-state index contributed by atoms with van der Waals surface area (Å²) in [7, 11) is 4.15. The number of benzene rings is 1. The molecule has 0 radical (unpaired) electrons. The minimum Gasteiger partial charge on any atom is -0.492 e. The largest absolute Gasteiger partial charge is 0.492 e. The van der Waals surface area contributed by atoms with E-state index in [1.54, 1.807) is 0 Å². The molecule has 1 aromatic rings. The second-order valence-electron chi connectivity index (χ2n) is 5.48. The zero-order valence-electron chi connectivity index (χ0n) is 12.4. The Morgan fingerprint density at radius 3 is 2.95 bits per heavy atom. The molecule has 0 saturated heterocycles. The van der Waals surface area contributed by atoms with E-state index in [1.807, 2.05) is 0 Å². The van der Waals surface area contributed by atoms with Crippen LogP contribution in [0.15, 0.2) is 18.2 Å². The first-order chi connectivity index (χ1) is 9.22. The zero-order chi connectivity index (χ0) is 13.7. The third-order valence-corrected chi connectivity index (χ3v) is 3.71. The van der Waals surface area contributed by atoms with Crippen LogP contribution in [0.1, 0.15) is 36.9 Å². The molecule has 106 valence electrons. The van der Waals surface area contributed by atoms with Crippen molar-refractivity contribution in [1.29, 1.82) is 0 Å². The molecule has 3 heteroatoms. The third kappa shape index (κ3) is 3.71. The number of hydrogen-bond acceptors (Lipinski definition) is 3. The summed E-state index contributed by atoms with van der Waals surface area (Å²) in [5.74, 6) is 1.09. The van der Waals surface area contributed by atoms with E-state index in [4.69, 9.17) is 4.74 Å². The van der Waals surface area contributed by atoms with Crippen molar-refractivity contribution in [3.05, 3.63) is 29.3 Å². The second kappa shape index (κ2) is 6.92. The van der Waals surface area contributed by atoms with Gasteiger partial charge in [-0.25, -0.2) is 0 Å². The molecule has 1 aliphatic carbocycles. The molecule has 2 rings (SSSR count). The van der Waals surface area contributed by atoms with E-state index < -0.39 is 0 Å². The van der Waals surface area contributed by atoms with Crippen molar-refractivity contribution in [2.24, 2.45) is 0 Å². The Bertz CT molecular complexity index is 404. The number of rotatable bonds is 6. The van der Waals surface area contributed by atoms with E-state index in [1.165, 1.54) is 24.0 Å². The normalized spacial score (nSPS) is 18.4. The lowest BCUT2D eigenvalue weighted by Crippen LogP contribution is -2.25. The van der Waals surface area contributed by atoms with E-state index in [-0.39, 0.29) is 0 Å². The van der Waals surface area contributed by atoms with Gasteiger partial charge in [-0.3, -0.25) is 0 Å². The standard InChI is InChI=1S/C16H26N2O/c1-4-17-15-9-5-8-14-13(15)7-6-10-16(14)19-12-11-18(2)3/h6-7,10,15,17H,4-5,8-9,11-12H2,1-3H3. The monoisotopic (exact) mass is 262 g/mol. The number of nitrogens with zero attached hydrogens (tertiary/aromatic N) is 1. The van der Waals surface area contributed by atoms with Gasteiger partial charge in [0.25, 0.3) is 0 Å². The van der Waals surface area contributed by atoms with Crippen LogP contribution in [0.3, 0.4) is 0 Å². The van der Waals surface area contributed by atoms with Crippen molar-refractivity contribution in [2.45, 2.75) is 32.2 Å². The van der Waals surface area contributed by atoms with Crippen LogP contribution in [-0.2, 0) is 6.42 Å². The Hall–Kier alpha value is -1.06. The molecule has 1 unspecified atom stereocenters. The first-order valence-corrected chi connectivity index (χ1v) is 7.35. The van der Waals surface area contributed by atoms with E-state index >= 15 is 0 Å². The molecule has 1 atom stereocenters. The predicted molar refractivity (Wildman–Crippen MR) is 79.8 cm³/mol. The Balaban J connectivity index is 2.10. The Morgan fingerprint density at radius 2 is 2.21 bits per heavy atom. The lowest BCUT2D eigenvalue weighted by Gasteiger charge is -2.28. The summed E-state index contributed by atoms with van der Waals surface area (Å²) in [6.45, 7) is 4.91. The molecular weight excluding hydrogens is 236 g/mol. The molecule has 0 spiro atoms. The van der Waals surface area contributed by atoms with Crippen LogP contribution in [0, 0.1) is 0 Å². The molecule has 0 amide bonds. The molecule has 0 aliphatic heterocycles. The van der Waals surface area contributed by atoms with Gasteiger partial charge in [-0.15, -0.1) is 0 Å². The van der Waals surface area contributed by atoms with Gasteiger partial charge in [-0.1, -0.05) is 19.1 Å². The van der Waals surface area contributed by atoms with Gasteiger partial charge in [0.2, 0.25) is 0 Å². The molecule has 0 fully saturated rings. The van der Waals surface area contributed by atoms with E-state index in [0.29, 0.717) is 6.04 Å². The van der Waals surface area contributed by atoms with Gasteiger partial charge in [-0.2, -0.15) is 0 Å².